The molecule has 3 aromatic heterocycles. The van der Waals surface area contributed by atoms with Gasteiger partial charge in [-0.05, 0) is 57.5 Å². The number of ether oxygens (including phenoxy) is 1. The fraction of sp³-hybridized carbons (Fsp3) is 0.333. The lowest BCUT2D eigenvalue weighted by Crippen LogP contribution is -2.35. The fourth-order valence-corrected chi connectivity index (χ4v) is 5.03. The normalized spacial score (nSPS) is 16.1. The van der Waals surface area contributed by atoms with Crippen molar-refractivity contribution in [3.8, 4) is 11.8 Å². The smallest absolute Gasteiger partial charge is 0.263 e. The molecule has 0 bridgehead atoms. The van der Waals surface area contributed by atoms with Crippen LogP contribution in [0, 0.1) is 0 Å². The molecule has 4 aromatic rings. The van der Waals surface area contributed by atoms with Crippen molar-refractivity contribution >= 4 is 55.5 Å². The van der Waals surface area contributed by atoms with Crippen molar-refractivity contribution in [3.05, 3.63) is 46.2 Å². The summed E-state index contributed by atoms with van der Waals surface area (Å²) in [6.07, 6.45) is 1.66. The summed E-state index contributed by atoms with van der Waals surface area (Å²) in [5.74, 6) is 0.715. The number of anilines is 1. The zero-order valence-corrected chi connectivity index (χ0v) is 20.9. The number of fused-ring (bicyclic) bond motifs is 5. The van der Waals surface area contributed by atoms with Gasteiger partial charge in [-0.2, -0.15) is 4.98 Å². The second-order valence-electron chi connectivity index (χ2n) is 9.39. The molecule has 10 heteroatoms. The van der Waals surface area contributed by atoms with Gasteiger partial charge in [0.15, 0.2) is 0 Å². The molecule has 0 fully saturated rings. The van der Waals surface area contributed by atoms with Crippen LogP contribution in [-0.4, -0.2) is 39.0 Å². The van der Waals surface area contributed by atoms with Crippen LogP contribution in [0.15, 0.2) is 30.5 Å². The number of hydrogen-bond donors (Lipinski definition) is 3. The Morgan fingerprint density at radius 2 is 2.06 bits per heavy atom. The highest BCUT2D eigenvalue weighted by Crippen LogP contribution is 2.41. The average molecular weight is 497 g/mol. The summed E-state index contributed by atoms with van der Waals surface area (Å²) in [5.41, 5.74) is 2.33. The van der Waals surface area contributed by atoms with Crippen LogP contribution in [-0.2, 0) is 6.54 Å². The molecule has 1 atom stereocenters. The summed E-state index contributed by atoms with van der Waals surface area (Å²) in [6, 6.07) is 7.76. The van der Waals surface area contributed by atoms with Gasteiger partial charge in [0, 0.05) is 58.0 Å². The van der Waals surface area contributed by atoms with Gasteiger partial charge in [0.25, 0.3) is 5.91 Å². The first-order valence-corrected chi connectivity index (χ1v) is 12.2. The van der Waals surface area contributed by atoms with Crippen LogP contribution in [0.3, 0.4) is 0 Å². The second kappa shape index (κ2) is 8.65. The first kappa shape index (κ1) is 22.8. The molecule has 4 heterocycles. The molecule has 0 unspecified atom stereocenters. The lowest BCUT2D eigenvalue weighted by Gasteiger charge is -2.21. The first-order chi connectivity index (χ1) is 16.2. The van der Waals surface area contributed by atoms with Gasteiger partial charge in [-0.1, -0.05) is 0 Å². The lowest BCUT2D eigenvalue weighted by atomic mass is 10.1. The van der Waals surface area contributed by atoms with Crippen LogP contribution in [0.5, 0.6) is 11.8 Å². The summed E-state index contributed by atoms with van der Waals surface area (Å²) in [7, 11) is 0. The number of benzene rings is 1. The van der Waals surface area contributed by atoms with Gasteiger partial charge in [-0.25, -0.2) is 9.97 Å². The number of pyridine rings is 1. The van der Waals surface area contributed by atoms with Gasteiger partial charge >= 0.3 is 0 Å². The topological polar surface area (TPSA) is 101 Å². The SMILES string of the molecule is C[C@H]1CNc2c(sc3ccc4nc(Oc5nc(Cl)ncc5CNC(C)(C)C)ccc4c23)C(=O)N1. The molecule has 5 rings (SSSR count). The molecular formula is C24H25ClN6O2S. The van der Waals surface area contributed by atoms with Crippen LogP contribution in [0.25, 0.3) is 21.0 Å². The van der Waals surface area contributed by atoms with Crippen molar-refractivity contribution in [1.82, 2.24) is 25.6 Å². The van der Waals surface area contributed by atoms with Crippen molar-refractivity contribution < 1.29 is 9.53 Å². The zero-order chi connectivity index (χ0) is 24.0. The predicted molar refractivity (Wildman–Crippen MR) is 136 cm³/mol. The number of hydrogen-bond acceptors (Lipinski definition) is 8. The lowest BCUT2D eigenvalue weighted by molar-refractivity contribution is 0.0949. The minimum absolute atomic E-state index is 0.0493. The van der Waals surface area contributed by atoms with Gasteiger partial charge in [-0.15, -0.1) is 11.3 Å². The number of carbonyl (C=O) groups is 1. The van der Waals surface area contributed by atoms with Gasteiger partial charge in [-0.3, -0.25) is 4.79 Å². The third-order valence-electron chi connectivity index (χ3n) is 5.47. The van der Waals surface area contributed by atoms with Crippen LogP contribution in [0.1, 0.15) is 42.9 Å². The number of carbonyl (C=O) groups excluding carboxylic acids is 1. The molecule has 1 aliphatic rings. The first-order valence-electron chi connectivity index (χ1n) is 11.0. The summed E-state index contributed by atoms with van der Waals surface area (Å²) < 4.78 is 7.09. The molecule has 0 saturated heterocycles. The molecule has 0 radical (unpaired) electrons. The highest BCUT2D eigenvalue weighted by molar-refractivity contribution is 7.21. The molecule has 0 spiro atoms. The summed E-state index contributed by atoms with van der Waals surface area (Å²) in [5, 5.41) is 11.9. The molecule has 1 amide bonds. The second-order valence-corrected chi connectivity index (χ2v) is 10.8. The molecule has 0 saturated carbocycles. The van der Waals surface area contributed by atoms with E-state index in [0.717, 1.165) is 32.2 Å². The monoisotopic (exact) mass is 496 g/mol. The van der Waals surface area contributed by atoms with E-state index in [1.807, 2.05) is 31.2 Å². The number of nitrogens with zero attached hydrogens (tertiary/aromatic N) is 3. The fourth-order valence-electron chi connectivity index (χ4n) is 3.80. The molecule has 176 valence electrons. The summed E-state index contributed by atoms with van der Waals surface area (Å²) in [4.78, 5) is 26.4. The van der Waals surface area contributed by atoms with E-state index in [1.54, 1.807) is 6.20 Å². The molecule has 1 aliphatic heterocycles. The van der Waals surface area contributed by atoms with Crippen LogP contribution in [0.4, 0.5) is 5.69 Å². The highest BCUT2D eigenvalue weighted by Gasteiger charge is 2.25. The van der Waals surface area contributed by atoms with Crippen molar-refractivity contribution in [2.45, 2.75) is 45.8 Å². The summed E-state index contributed by atoms with van der Waals surface area (Å²) in [6.45, 7) is 9.42. The maximum absolute atomic E-state index is 12.6. The Bertz CT molecular complexity index is 1410. The Balaban J connectivity index is 1.52. The van der Waals surface area contributed by atoms with Crippen molar-refractivity contribution in [2.24, 2.45) is 0 Å². The number of halogens is 1. The van der Waals surface area contributed by atoms with E-state index in [1.165, 1.54) is 11.3 Å². The number of amides is 1. The average Bonchev–Trinajstić information content (AvgIpc) is 3.09. The van der Waals surface area contributed by atoms with E-state index in [-0.39, 0.29) is 22.8 Å². The number of nitrogens with one attached hydrogen (secondary N) is 3. The molecule has 34 heavy (non-hydrogen) atoms. The Kier molecular flexibility index (Phi) is 5.79. The van der Waals surface area contributed by atoms with E-state index in [9.17, 15) is 4.79 Å². The molecule has 0 aliphatic carbocycles. The van der Waals surface area contributed by atoms with E-state index < -0.39 is 0 Å². The molecule has 1 aromatic carbocycles. The highest BCUT2D eigenvalue weighted by atomic mass is 35.5. The number of thiophene rings is 1. The molecule has 8 nitrogen and oxygen atoms in total. The molecular weight excluding hydrogens is 472 g/mol. The van der Waals surface area contributed by atoms with E-state index in [2.05, 4.69) is 46.7 Å². The third kappa shape index (κ3) is 4.51. The maximum atomic E-state index is 12.6. The van der Waals surface area contributed by atoms with Gasteiger partial charge < -0.3 is 20.7 Å². The van der Waals surface area contributed by atoms with Crippen LogP contribution < -0.4 is 20.7 Å². The largest absolute Gasteiger partial charge is 0.420 e. The maximum Gasteiger partial charge on any atom is 0.263 e. The van der Waals surface area contributed by atoms with Crippen molar-refractivity contribution in [2.75, 3.05) is 11.9 Å². The Hall–Kier alpha value is -3.01. The quantitative estimate of drug-likeness (QED) is 0.337. The third-order valence-corrected chi connectivity index (χ3v) is 6.81. The van der Waals surface area contributed by atoms with Gasteiger partial charge in [0.2, 0.25) is 17.0 Å². The Morgan fingerprint density at radius 1 is 1.24 bits per heavy atom. The minimum Gasteiger partial charge on any atom is -0.420 e. The van der Waals surface area contributed by atoms with Crippen molar-refractivity contribution in [1.29, 1.82) is 0 Å². The van der Waals surface area contributed by atoms with Gasteiger partial charge in [0.1, 0.15) is 4.88 Å². The Labute approximate surface area is 206 Å². The molecule has 3 N–H and O–H groups in total. The van der Waals surface area contributed by atoms with Gasteiger partial charge in [0.05, 0.1) is 11.2 Å². The van der Waals surface area contributed by atoms with Crippen LogP contribution in [0.2, 0.25) is 5.28 Å². The van der Waals surface area contributed by atoms with Crippen LogP contribution >= 0.6 is 22.9 Å². The standard InChI is InChI=1S/C24H25ClN6O2S/c1-12-9-26-19-18-14-5-8-17(30-15(14)6-7-16(18)34-20(19)21(32)29-12)33-22-13(10-27-23(25)31-22)11-28-24(2,3)4/h5-8,10,12,26,28H,9,11H2,1-4H3,(H,29,32)/t12-/m0/s1. The Morgan fingerprint density at radius 3 is 2.85 bits per heavy atom. The van der Waals surface area contributed by atoms with Crippen molar-refractivity contribution in [3.63, 3.8) is 0 Å². The minimum atomic E-state index is -0.0786. The number of aromatic nitrogens is 3. The predicted octanol–water partition coefficient (Wildman–Crippen LogP) is 5.12. The zero-order valence-electron chi connectivity index (χ0n) is 19.3. The number of rotatable bonds is 4. The van der Waals surface area contributed by atoms with E-state index in [4.69, 9.17) is 21.3 Å². The van der Waals surface area contributed by atoms with E-state index >= 15 is 0 Å². The summed E-state index contributed by atoms with van der Waals surface area (Å²) >= 11 is 7.53. The van der Waals surface area contributed by atoms with E-state index in [0.29, 0.717) is 29.7 Å².